The van der Waals surface area contributed by atoms with Gasteiger partial charge in [0.05, 0.1) is 10.8 Å². The third kappa shape index (κ3) is 5.77. The summed E-state index contributed by atoms with van der Waals surface area (Å²) in [5, 5.41) is 3.83. The lowest BCUT2D eigenvalue weighted by Gasteiger charge is -2.34. The van der Waals surface area contributed by atoms with E-state index < -0.39 is 10.0 Å². The van der Waals surface area contributed by atoms with Gasteiger partial charge in [-0.05, 0) is 43.2 Å². The second-order valence-corrected chi connectivity index (χ2v) is 11.9. The normalized spacial score (nSPS) is 25.9. The van der Waals surface area contributed by atoms with Crippen molar-refractivity contribution in [1.29, 1.82) is 0 Å². The molecule has 8 heteroatoms. The first-order valence-electron chi connectivity index (χ1n) is 11.2. The van der Waals surface area contributed by atoms with Gasteiger partial charge in [0.1, 0.15) is 4.90 Å². The molecule has 3 rings (SSSR count). The predicted molar refractivity (Wildman–Crippen MR) is 121 cm³/mol. The maximum absolute atomic E-state index is 12.9. The van der Waals surface area contributed by atoms with Crippen LogP contribution in [0.4, 0.5) is 0 Å². The Hall–Kier alpha value is -1.12. The molecule has 1 aromatic rings. The van der Waals surface area contributed by atoms with Crippen molar-refractivity contribution in [2.75, 3.05) is 12.8 Å². The van der Waals surface area contributed by atoms with Crippen molar-refractivity contribution in [3.05, 3.63) is 18.3 Å². The highest BCUT2D eigenvalue weighted by atomic mass is 32.2. The van der Waals surface area contributed by atoms with Crippen LogP contribution in [0.1, 0.15) is 65.2 Å². The van der Waals surface area contributed by atoms with E-state index in [0.29, 0.717) is 22.6 Å². The Morgan fingerprint density at radius 3 is 2.53 bits per heavy atom. The average molecular weight is 454 g/mol. The Kier molecular flexibility index (Phi) is 8.21. The van der Waals surface area contributed by atoms with E-state index in [1.54, 1.807) is 19.2 Å². The molecule has 0 unspecified atom stereocenters. The molecule has 6 nitrogen and oxygen atoms in total. The van der Waals surface area contributed by atoms with Gasteiger partial charge >= 0.3 is 0 Å². The lowest BCUT2D eigenvalue weighted by molar-refractivity contribution is -0.120. The Bertz CT molecular complexity index is 807. The number of sulfonamides is 1. The summed E-state index contributed by atoms with van der Waals surface area (Å²) >= 11 is 1.34. The van der Waals surface area contributed by atoms with Crippen LogP contribution in [0.25, 0.3) is 0 Å². The van der Waals surface area contributed by atoms with Crippen molar-refractivity contribution in [2.45, 2.75) is 87.2 Å². The van der Waals surface area contributed by atoms with E-state index in [-0.39, 0.29) is 22.9 Å². The zero-order valence-corrected chi connectivity index (χ0v) is 20.0. The number of carbonyl (C=O) groups excluding carboxylic acids is 1. The van der Waals surface area contributed by atoms with Crippen molar-refractivity contribution in [3.63, 3.8) is 0 Å². The summed E-state index contributed by atoms with van der Waals surface area (Å²) in [7, 11) is -1.86. The van der Waals surface area contributed by atoms with Crippen LogP contribution < -0.4 is 5.32 Å². The molecule has 2 aliphatic rings. The minimum atomic E-state index is -3.53. The zero-order chi connectivity index (χ0) is 21.7. The second kappa shape index (κ2) is 10.5. The standard InChI is InChI=1S/C22H35N3O3S2/c1-16-8-7-11-20(17(16)2)24-21(26)15-29-22-13-12-19(14-23-22)30(27,28)25(3)18-9-5-4-6-10-18/h12-14,16-18,20H,4-11,15H2,1-3H3,(H,24,26)/t16-,17-,20+/m1/s1. The van der Waals surface area contributed by atoms with E-state index in [2.05, 4.69) is 24.1 Å². The van der Waals surface area contributed by atoms with Crippen molar-refractivity contribution in [1.82, 2.24) is 14.6 Å². The summed E-state index contributed by atoms with van der Waals surface area (Å²) in [5.41, 5.74) is 0. The van der Waals surface area contributed by atoms with E-state index in [0.717, 1.165) is 38.5 Å². The van der Waals surface area contributed by atoms with Gasteiger partial charge in [0.25, 0.3) is 0 Å². The molecule has 0 aromatic carbocycles. The number of hydrogen-bond acceptors (Lipinski definition) is 5. The van der Waals surface area contributed by atoms with E-state index in [9.17, 15) is 13.2 Å². The molecule has 168 valence electrons. The number of aromatic nitrogens is 1. The lowest BCUT2D eigenvalue weighted by Crippen LogP contribution is -2.44. The summed E-state index contributed by atoms with van der Waals surface area (Å²) in [6, 6.07) is 3.63. The first-order chi connectivity index (χ1) is 14.3. The highest BCUT2D eigenvalue weighted by Gasteiger charge is 2.30. The van der Waals surface area contributed by atoms with E-state index in [1.165, 1.54) is 35.1 Å². The molecule has 1 N–H and O–H groups in total. The van der Waals surface area contributed by atoms with Gasteiger partial charge < -0.3 is 5.32 Å². The smallest absolute Gasteiger partial charge is 0.244 e. The van der Waals surface area contributed by atoms with Gasteiger partial charge in [-0.1, -0.05) is 57.7 Å². The fourth-order valence-corrected chi connectivity index (χ4v) is 6.60. The number of rotatable bonds is 7. The van der Waals surface area contributed by atoms with Crippen LogP contribution in [-0.2, 0) is 14.8 Å². The molecule has 0 radical (unpaired) electrons. The van der Waals surface area contributed by atoms with Crippen LogP contribution in [0.3, 0.4) is 0 Å². The molecule has 1 aromatic heterocycles. The van der Waals surface area contributed by atoms with Gasteiger partial charge in [0.15, 0.2) is 0 Å². The largest absolute Gasteiger partial charge is 0.352 e. The molecule has 1 heterocycles. The summed E-state index contributed by atoms with van der Waals surface area (Å²) < 4.78 is 27.3. The minimum Gasteiger partial charge on any atom is -0.352 e. The Morgan fingerprint density at radius 1 is 1.13 bits per heavy atom. The summed E-state index contributed by atoms with van der Waals surface area (Å²) in [6.07, 6.45) is 10.0. The molecule has 0 bridgehead atoms. The maximum Gasteiger partial charge on any atom is 0.244 e. The molecule has 1 amide bonds. The number of hydrogen-bond donors (Lipinski definition) is 1. The number of nitrogens with one attached hydrogen (secondary N) is 1. The van der Waals surface area contributed by atoms with Crippen LogP contribution in [-0.4, -0.2) is 48.5 Å². The summed E-state index contributed by atoms with van der Waals surface area (Å²) in [5.74, 6) is 1.44. The van der Waals surface area contributed by atoms with Gasteiger partial charge in [-0.15, -0.1) is 0 Å². The highest BCUT2D eigenvalue weighted by Crippen LogP contribution is 2.30. The molecule has 30 heavy (non-hydrogen) atoms. The van der Waals surface area contributed by atoms with Crippen LogP contribution in [0, 0.1) is 11.8 Å². The first kappa shape index (κ1) is 23.5. The average Bonchev–Trinajstić information content (AvgIpc) is 2.76. The fraction of sp³-hybridized carbons (Fsp3) is 0.727. The third-order valence-electron chi connectivity index (χ3n) is 6.88. The Morgan fingerprint density at radius 2 is 1.87 bits per heavy atom. The number of nitrogens with zero attached hydrogens (tertiary/aromatic N) is 2. The SMILES string of the molecule is C[C@@H]1[C@H](C)CCC[C@@H]1NC(=O)CSc1ccc(S(=O)(=O)N(C)C2CCCCC2)cn1. The van der Waals surface area contributed by atoms with E-state index in [1.807, 2.05) is 0 Å². The summed E-state index contributed by atoms with van der Waals surface area (Å²) in [6.45, 7) is 4.47. The number of amides is 1. The fourth-order valence-electron chi connectivity index (χ4n) is 4.59. The zero-order valence-electron chi connectivity index (χ0n) is 18.3. The van der Waals surface area contributed by atoms with Crippen LogP contribution in [0.5, 0.6) is 0 Å². The molecule has 3 atom stereocenters. The summed E-state index contributed by atoms with van der Waals surface area (Å²) in [4.78, 5) is 16.9. The third-order valence-corrected chi connectivity index (χ3v) is 9.72. The molecular weight excluding hydrogens is 418 g/mol. The molecule has 0 aliphatic heterocycles. The second-order valence-electron chi connectivity index (χ2n) is 8.88. The van der Waals surface area contributed by atoms with Crippen LogP contribution >= 0.6 is 11.8 Å². The Balaban J connectivity index is 1.53. The van der Waals surface area contributed by atoms with E-state index >= 15 is 0 Å². The number of carbonyl (C=O) groups is 1. The molecular formula is C22H35N3O3S2. The quantitative estimate of drug-likeness (QED) is 0.630. The lowest BCUT2D eigenvalue weighted by atomic mass is 9.78. The molecule has 0 saturated heterocycles. The van der Waals surface area contributed by atoms with Crippen LogP contribution in [0.15, 0.2) is 28.3 Å². The Labute approximate surface area is 185 Å². The van der Waals surface area contributed by atoms with Gasteiger partial charge in [-0.3, -0.25) is 4.79 Å². The monoisotopic (exact) mass is 453 g/mol. The first-order valence-corrected chi connectivity index (χ1v) is 13.6. The van der Waals surface area contributed by atoms with Gasteiger partial charge in [-0.25, -0.2) is 13.4 Å². The number of pyridine rings is 1. The highest BCUT2D eigenvalue weighted by molar-refractivity contribution is 7.99. The van der Waals surface area contributed by atoms with Crippen LogP contribution in [0.2, 0.25) is 0 Å². The molecule has 2 aliphatic carbocycles. The molecule has 2 saturated carbocycles. The van der Waals surface area contributed by atoms with Gasteiger partial charge in [0.2, 0.25) is 15.9 Å². The minimum absolute atomic E-state index is 0.0153. The van der Waals surface area contributed by atoms with Crippen molar-refractivity contribution in [2.24, 2.45) is 11.8 Å². The van der Waals surface area contributed by atoms with Gasteiger partial charge in [-0.2, -0.15) is 4.31 Å². The van der Waals surface area contributed by atoms with Crippen molar-refractivity contribution in [3.8, 4) is 0 Å². The van der Waals surface area contributed by atoms with Crippen molar-refractivity contribution >= 4 is 27.7 Å². The number of thioether (sulfide) groups is 1. The molecule has 2 fully saturated rings. The maximum atomic E-state index is 12.9. The van der Waals surface area contributed by atoms with Crippen molar-refractivity contribution < 1.29 is 13.2 Å². The predicted octanol–water partition coefficient (Wildman–Crippen LogP) is 4.07. The molecule has 0 spiro atoms. The van der Waals surface area contributed by atoms with E-state index in [4.69, 9.17) is 0 Å². The topological polar surface area (TPSA) is 79.4 Å². The van der Waals surface area contributed by atoms with Gasteiger partial charge in [0, 0.05) is 25.3 Å².